The Morgan fingerprint density at radius 2 is 2.15 bits per heavy atom. The summed E-state index contributed by atoms with van der Waals surface area (Å²) in [6.07, 6.45) is 1.96. The van der Waals surface area contributed by atoms with Gasteiger partial charge in [-0.2, -0.15) is 0 Å². The smallest absolute Gasteiger partial charge is 0.157 e. The summed E-state index contributed by atoms with van der Waals surface area (Å²) in [6, 6.07) is 8.11. The molecule has 0 saturated carbocycles. The number of thiazole rings is 1. The third kappa shape index (κ3) is 2.49. The molecule has 0 aliphatic heterocycles. The molecule has 104 valence electrons. The Balaban J connectivity index is 1.89. The summed E-state index contributed by atoms with van der Waals surface area (Å²) in [7, 11) is 1.73. The first-order valence-corrected chi connectivity index (χ1v) is 7.59. The molecule has 2 aromatic heterocycles. The number of fused-ring (bicyclic) bond motifs is 1. The van der Waals surface area contributed by atoms with Gasteiger partial charge in [-0.25, -0.2) is 4.98 Å². The van der Waals surface area contributed by atoms with Gasteiger partial charge in [-0.3, -0.25) is 0 Å². The van der Waals surface area contributed by atoms with Crippen molar-refractivity contribution < 1.29 is 9.15 Å². The molecule has 0 radical (unpaired) electrons. The van der Waals surface area contributed by atoms with Gasteiger partial charge in [0.05, 0.1) is 5.01 Å². The second-order valence-corrected chi connectivity index (χ2v) is 5.72. The Kier molecular flexibility index (Phi) is 3.85. The van der Waals surface area contributed by atoms with Crippen LogP contribution in [0.2, 0.25) is 0 Å². The zero-order valence-corrected chi connectivity index (χ0v) is 12.5. The zero-order valence-electron chi connectivity index (χ0n) is 11.7. The number of furan rings is 1. The van der Waals surface area contributed by atoms with Crippen molar-refractivity contribution in [2.45, 2.75) is 19.8 Å². The molecule has 1 aromatic carbocycles. The average molecular weight is 287 g/mol. The van der Waals surface area contributed by atoms with Gasteiger partial charge in [0, 0.05) is 36.5 Å². The Labute approximate surface area is 122 Å². The predicted octanol–water partition coefficient (Wildman–Crippen LogP) is 4.44. The topological polar surface area (TPSA) is 35.3 Å². The van der Waals surface area contributed by atoms with E-state index in [1.807, 2.05) is 18.2 Å². The van der Waals surface area contributed by atoms with E-state index < -0.39 is 0 Å². The number of rotatable bonds is 5. The second-order valence-electron chi connectivity index (χ2n) is 4.78. The highest BCUT2D eigenvalue weighted by molar-refractivity contribution is 7.09. The number of ether oxygens (including phenoxy) is 1. The first kappa shape index (κ1) is 13.3. The molecule has 3 nitrogen and oxygen atoms in total. The molecule has 0 unspecified atom stereocenters. The highest BCUT2D eigenvalue weighted by atomic mass is 32.1. The lowest BCUT2D eigenvalue weighted by Crippen LogP contribution is -1.92. The first-order valence-electron chi connectivity index (χ1n) is 6.71. The molecule has 0 atom stereocenters. The lowest BCUT2D eigenvalue weighted by atomic mass is 10.1. The average Bonchev–Trinajstić information content (AvgIpc) is 3.05. The van der Waals surface area contributed by atoms with Crippen molar-refractivity contribution in [1.82, 2.24) is 4.98 Å². The lowest BCUT2D eigenvalue weighted by Gasteiger charge is -1.95. The Morgan fingerprint density at radius 3 is 2.95 bits per heavy atom. The third-order valence-corrected chi connectivity index (χ3v) is 4.28. The van der Waals surface area contributed by atoms with Crippen LogP contribution in [0.5, 0.6) is 0 Å². The van der Waals surface area contributed by atoms with Gasteiger partial charge >= 0.3 is 0 Å². The van der Waals surface area contributed by atoms with Crippen molar-refractivity contribution >= 4 is 22.3 Å². The minimum Gasteiger partial charge on any atom is -0.454 e. The summed E-state index contributed by atoms with van der Waals surface area (Å²) in [5.41, 5.74) is 3.03. The Hall–Kier alpha value is -1.65. The van der Waals surface area contributed by atoms with Gasteiger partial charge in [-0.05, 0) is 19.4 Å². The van der Waals surface area contributed by atoms with E-state index in [4.69, 9.17) is 9.15 Å². The van der Waals surface area contributed by atoms with Gasteiger partial charge in [0.1, 0.15) is 11.3 Å². The highest BCUT2D eigenvalue weighted by Crippen LogP contribution is 2.33. The maximum atomic E-state index is 5.94. The first-order chi connectivity index (χ1) is 9.79. The van der Waals surface area contributed by atoms with Crippen molar-refractivity contribution in [1.29, 1.82) is 0 Å². The van der Waals surface area contributed by atoms with Gasteiger partial charge < -0.3 is 9.15 Å². The van der Waals surface area contributed by atoms with E-state index in [0.29, 0.717) is 0 Å². The standard InChI is InChI=1S/C16H17NO2S/c1-11-12-6-3-4-7-14(12)19-16(11)13-10-20-15(17-13)8-5-9-18-2/h3-4,6-7,10H,5,8-9H2,1-2H3. The van der Waals surface area contributed by atoms with Crippen LogP contribution < -0.4 is 0 Å². The molecule has 0 amide bonds. The number of methoxy groups -OCH3 is 1. The van der Waals surface area contributed by atoms with E-state index in [1.165, 1.54) is 0 Å². The van der Waals surface area contributed by atoms with E-state index in [2.05, 4.69) is 23.4 Å². The molecule has 4 heteroatoms. The van der Waals surface area contributed by atoms with Gasteiger partial charge in [0.25, 0.3) is 0 Å². The highest BCUT2D eigenvalue weighted by Gasteiger charge is 2.14. The maximum absolute atomic E-state index is 5.94. The molecular weight excluding hydrogens is 270 g/mol. The largest absolute Gasteiger partial charge is 0.454 e. The molecule has 3 aromatic rings. The normalized spacial score (nSPS) is 11.3. The minimum absolute atomic E-state index is 0.776. The number of hydrogen-bond acceptors (Lipinski definition) is 4. The van der Waals surface area contributed by atoms with Crippen LogP contribution in [0.15, 0.2) is 34.1 Å². The van der Waals surface area contributed by atoms with E-state index >= 15 is 0 Å². The number of nitrogens with zero attached hydrogens (tertiary/aromatic N) is 1. The van der Waals surface area contributed by atoms with Gasteiger partial charge in [-0.15, -0.1) is 11.3 Å². The van der Waals surface area contributed by atoms with Crippen LogP contribution >= 0.6 is 11.3 Å². The molecule has 0 bridgehead atoms. The molecule has 0 saturated heterocycles. The molecule has 20 heavy (non-hydrogen) atoms. The van der Waals surface area contributed by atoms with Crippen LogP contribution in [-0.2, 0) is 11.2 Å². The van der Waals surface area contributed by atoms with Crippen LogP contribution in [0.1, 0.15) is 17.0 Å². The molecule has 0 aliphatic rings. The van der Waals surface area contributed by atoms with Crippen LogP contribution in [-0.4, -0.2) is 18.7 Å². The number of benzene rings is 1. The van der Waals surface area contributed by atoms with E-state index in [9.17, 15) is 0 Å². The second kappa shape index (κ2) is 5.77. The molecule has 0 fully saturated rings. The fraction of sp³-hybridized carbons (Fsp3) is 0.312. The predicted molar refractivity (Wildman–Crippen MR) is 82.3 cm³/mol. The summed E-state index contributed by atoms with van der Waals surface area (Å²) in [5.74, 6) is 0.889. The van der Waals surface area contributed by atoms with Crippen LogP contribution in [0.25, 0.3) is 22.4 Å². The van der Waals surface area contributed by atoms with E-state index in [1.54, 1.807) is 18.4 Å². The van der Waals surface area contributed by atoms with Crippen LogP contribution in [0, 0.1) is 6.92 Å². The van der Waals surface area contributed by atoms with Gasteiger partial charge in [0.15, 0.2) is 5.76 Å². The molecule has 3 rings (SSSR count). The molecule has 2 heterocycles. The van der Waals surface area contributed by atoms with Crippen molar-refractivity contribution in [3.63, 3.8) is 0 Å². The Bertz CT molecular complexity index is 714. The molecule has 0 spiro atoms. The lowest BCUT2D eigenvalue weighted by molar-refractivity contribution is 0.195. The van der Waals surface area contributed by atoms with Crippen molar-refractivity contribution in [3.8, 4) is 11.5 Å². The summed E-state index contributed by atoms with van der Waals surface area (Å²) in [4.78, 5) is 4.68. The maximum Gasteiger partial charge on any atom is 0.157 e. The SMILES string of the molecule is COCCCc1nc(-c2oc3ccccc3c2C)cs1. The van der Waals surface area contributed by atoms with Crippen molar-refractivity contribution in [2.24, 2.45) is 0 Å². The summed E-state index contributed by atoms with van der Waals surface area (Å²) in [5, 5.41) is 4.38. The van der Waals surface area contributed by atoms with Crippen LogP contribution in [0.3, 0.4) is 0 Å². The third-order valence-electron chi connectivity index (χ3n) is 3.37. The quantitative estimate of drug-likeness (QED) is 0.651. The van der Waals surface area contributed by atoms with Gasteiger partial charge in [0.2, 0.25) is 0 Å². The fourth-order valence-electron chi connectivity index (χ4n) is 2.32. The van der Waals surface area contributed by atoms with E-state index in [0.717, 1.165) is 52.4 Å². The number of aryl methyl sites for hydroxylation is 2. The number of para-hydroxylation sites is 1. The summed E-state index contributed by atoms with van der Waals surface area (Å²) < 4.78 is 11.0. The fourth-order valence-corrected chi connectivity index (χ4v) is 3.14. The van der Waals surface area contributed by atoms with E-state index in [-0.39, 0.29) is 0 Å². The summed E-state index contributed by atoms with van der Waals surface area (Å²) in [6.45, 7) is 2.86. The molecule has 0 aliphatic carbocycles. The monoisotopic (exact) mass is 287 g/mol. The minimum atomic E-state index is 0.776. The summed E-state index contributed by atoms with van der Waals surface area (Å²) >= 11 is 1.69. The van der Waals surface area contributed by atoms with Gasteiger partial charge in [-0.1, -0.05) is 18.2 Å². The molecular formula is C16H17NO2S. The Morgan fingerprint density at radius 1 is 1.30 bits per heavy atom. The van der Waals surface area contributed by atoms with Crippen molar-refractivity contribution in [2.75, 3.05) is 13.7 Å². The molecule has 0 N–H and O–H groups in total. The van der Waals surface area contributed by atoms with Crippen LogP contribution in [0.4, 0.5) is 0 Å². The zero-order chi connectivity index (χ0) is 13.9. The van der Waals surface area contributed by atoms with Crippen molar-refractivity contribution in [3.05, 3.63) is 40.2 Å². The number of hydrogen-bond donors (Lipinski definition) is 0. The number of aromatic nitrogens is 1.